The summed E-state index contributed by atoms with van der Waals surface area (Å²) in [5, 5.41) is 0. The molecule has 0 amide bonds. The fourth-order valence-electron chi connectivity index (χ4n) is 5.14. The molecule has 0 aliphatic carbocycles. The number of benzene rings is 4. The summed E-state index contributed by atoms with van der Waals surface area (Å²) in [6.07, 6.45) is 1.45. The Morgan fingerprint density at radius 2 is 0.980 bits per heavy atom. The third kappa shape index (κ3) is 8.40. The van der Waals surface area contributed by atoms with E-state index in [1.165, 1.54) is 48.5 Å². The number of rotatable bonds is 13. The van der Waals surface area contributed by atoms with Crippen molar-refractivity contribution < 1.29 is 43.8 Å². The lowest BCUT2D eigenvalue weighted by molar-refractivity contribution is 0.101. The Balaban J connectivity index is 1.66. The van der Waals surface area contributed by atoms with E-state index in [0.717, 1.165) is 12.0 Å². The summed E-state index contributed by atoms with van der Waals surface area (Å²) >= 11 is 0. The molecule has 0 aromatic heterocycles. The Morgan fingerprint density at radius 3 is 1.42 bits per heavy atom. The van der Waals surface area contributed by atoms with E-state index in [2.05, 4.69) is 20.8 Å². The van der Waals surface area contributed by atoms with Crippen molar-refractivity contribution in [2.45, 2.75) is 104 Å². The van der Waals surface area contributed by atoms with Gasteiger partial charge in [-0.1, -0.05) is 65.8 Å². The van der Waals surface area contributed by atoms with Crippen molar-refractivity contribution in [2.24, 2.45) is 0 Å². The van der Waals surface area contributed by atoms with Gasteiger partial charge < -0.3 is 9.47 Å². The van der Waals surface area contributed by atoms with E-state index in [-0.39, 0.29) is 32.5 Å². The van der Waals surface area contributed by atoms with Crippen molar-refractivity contribution in [1.29, 1.82) is 0 Å². The van der Waals surface area contributed by atoms with Gasteiger partial charge >= 0.3 is 0 Å². The molecule has 50 heavy (non-hydrogen) atoms. The van der Waals surface area contributed by atoms with Crippen LogP contribution >= 0.6 is 0 Å². The molecule has 4 rings (SSSR count). The monoisotopic (exact) mass is 744 g/mol. The summed E-state index contributed by atoms with van der Waals surface area (Å²) in [4.78, 5) is -0.861. The summed E-state index contributed by atoms with van der Waals surface area (Å²) in [7, 11) is -13.4. The van der Waals surface area contributed by atoms with E-state index in [9.17, 15) is 34.4 Å². The number of hydrogen-bond donors (Lipinski definition) is 2. The first-order valence-electron chi connectivity index (χ1n) is 16.0. The molecule has 0 saturated carbocycles. The summed E-state index contributed by atoms with van der Waals surface area (Å²) in [5.41, 5.74) is -0.0676. The Hall–Kier alpha value is -3.75. The van der Waals surface area contributed by atoms with Crippen LogP contribution in [-0.2, 0) is 40.9 Å². The largest absolute Gasteiger partial charge is 0.486 e. The standard InChI is InChI=1S/C37H44O10S3/c1-9-35(3,4)25-11-17-29(18-12-25)48(38,39)30-19-15-28(16-20-30)46-31-21-13-26(23-33(31)49(40,41)42)37(7,8)27-14-22-32(47-36(5,6)10-2)34(24-27)50(43,44)45/h11-24H,9-10H2,1-8H3,(H,40,41,42)(H,43,44,45). The highest BCUT2D eigenvalue weighted by Gasteiger charge is 2.31. The molecule has 0 saturated heterocycles. The van der Waals surface area contributed by atoms with Gasteiger partial charge in [0.05, 0.1) is 9.79 Å². The molecular weight excluding hydrogens is 701 g/mol. The summed E-state index contributed by atoms with van der Waals surface area (Å²) in [5.74, 6) is -0.140. The van der Waals surface area contributed by atoms with Gasteiger partial charge in [-0.05, 0) is 109 Å². The molecule has 270 valence electrons. The molecule has 0 unspecified atom stereocenters. The molecule has 13 heteroatoms. The van der Waals surface area contributed by atoms with Crippen LogP contribution in [0.1, 0.15) is 84.9 Å². The molecular formula is C37H44O10S3. The molecule has 4 aromatic rings. The third-order valence-electron chi connectivity index (χ3n) is 9.32. The molecule has 10 nitrogen and oxygen atoms in total. The molecule has 0 atom stereocenters. The zero-order chi connectivity index (χ0) is 37.5. The lowest BCUT2D eigenvalue weighted by atomic mass is 9.78. The quantitative estimate of drug-likeness (QED) is 0.127. The van der Waals surface area contributed by atoms with Gasteiger partial charge in [-0.15, -0.1) is 0 Å². The second kappa shape index (κ2) is 13.8. The van der Waals surface area contributed by atoms with Gasteiger partial charge in [0.2, 0.25) is 9.84 Å². The van der Waals surface area contributed by atoms with Crippen LogP contribution < -0.4 is 9.47 Å². The van der Waals surface area contributed by atoms with Crippen LogP contribution in [0.25, 0.3) is 0 Å². The average molecular weight is 745 g/mol. The molecule has 4 aromatic carbocycles. The van der Waals surface area contributed by atoms with Crippen molar-refractivity contribution in [2.75, 3.05) is 0 Å². The maximum atomic E-state index is 13.3. The van der Waals surface area contributed by atoms with E-state index < -0.39 is 50.9 Å². The van der Waals surface area contributed by atoms with E-state index in [0.29, 0.717) is 17.5 Å². The topological polar surface area (TPSA) is 161 Å². The summed E-state index contributed by atoms with van der Waals surface area (Å²) in [6, 6.07) is 20.7. The zero-order valence-electron chi connectivity index (χ0n) is 29.4. The van der Waals surface area contributed by atoms with Gasteiger partial charge in [0.15, 0.2) is 0 Å². The third-order valence-corrected chi connectivity index (χ3v) is 12.9. The number of ether oxygens (including phenoxy) is 2. The summed E-state index contributed by atoms with van der Waals surface area (Å²) in [6.45, 7) is 15.1. The first kappa shape index (κ1) is 39.0. The van der Waals surface area contributed by atoms with Crippen LogP contribution in [0.5, 0.6) is 17.2 Å². The summed E-state index contributed by atoms with van der Waals surface area (Å²) < 4.78 is 108. The SMILES string of the molecule is CCC(C)(C)Oc1ccc(C(C)(C)c2ccc(Oc3ccc(S(=O)(=O)c4ccc(C(C)(C)CC)cc4)cc3)c(S(=O)(=O)O)c2)cc1S(=O)(=O)O. The minimum Gasteiger partial charge on any atom is -0.486 e. The first-order valence-corrected chi connectivity index (χ1v) is 20.4. The van der Waals surface area contributed by atoms with Crippen LogP contribution in [0, 0.1) is 0 Å². The van der Waals surface area contributed by atoms with E-state index in [1.807, 2.05) is 6.92 Å². The van der Waals surface area contributed by atoms with Crippen molar-refractivity contribution in [3.63, 3.8) is 0 Å². The van der Waals surface area contributed by atoms with Crippen LogP contribution in [0.4, 0.5) is 0 Å². The van der Waals surface area contributed by atoms with E-state index >= 15 is 0 Å². The Kier molecular flexibility index (Phi) is 10.7. The normalized spacial score (nSPS) is 13.2. The van der Waals surface area contributed by atoms with Crippen LogP contribution in [0.15, 0.2) is 105 Å². The van der Waals surface area contributed by atoms with Gasteiger partial charge in [-0.25, -0.2) is 8.42 Å². The highest BCUT2D eigenvalue weighted by atomic mass is 32.2. The molecule has 0 bridgehead atoms. The minimum absolute atomic E-state index is 0.0124. The fraction of sp³-hybridized carbons (Fsp3) is 0.351. The zero-order valence-corrected chi connectivity index (χ0v) is 31.8. The lowest BCUT2D eigenvalue weighted by Crippen LogP contribution is -2.28. The van der Waals surface area contributed by atoms with Crippen LogP contribution in [0.3, 0.4) is 0 Å². The molecule has 2 N–H and O–H groups in total. The maximum Gasteiger partial charge on any atom is 0.298 e. The fourth-order valence-corrected chi connectivity index (χ4v) is 7.68. The Labute approximate surface area is 295 Å². The van der Waals surface area contributed by atoms with Gasteiger partial charge in [0, 0.05) is 5.41 Å². The minimum atomic E-state index is -4.84. The van der Waals surface area contributed by atoms with E-state index in [1.54, 1.807) is 64.1 Å². The predicted octanol–water partition coefficient (Wildman–Crippen LogP) is 8.39. The highest BCUT2D eigenvalue weighted by molar-refractivity contribution is 7.91. The Bertz CT molecular complexity index is 2200. The van der Waals surface area contributed by atoms with Gasteiger partial charge in [0.25, 0.3) is 20.2 Å². The lowest BCUT2D eigenvalue weighted by Gasteiger charge is -2.29. The molecule has 0 heterocycles. The van der Waals surface area contributed by atoms with Crippen molar-refractivity contribution >= 4 is 30.1 Å². The molecule has 0 radical (unpaired) electrons. The molecule has 0 spiro atoms. The van der Waals surface area contributed by atoms with Crippen molar-refractivity contribution in [3.8, 4) is 17.2 Å². The number of sulfone groups is 1. The molecule has 0 aliphatic rings. The van der Waals surface area contributed by atoms with Gasteiger partial charge in [-0.3, -0.25) is 9.11 Å². The smallest absolute Gasteiger partial charge is 0.298 e. The van der Waals surface area contributed by atoms with Gasteiger partial charge in [-0.2, -0.15) is 16.8 Å². The first-order chi connectivity index (χ1) is 22.9. The van der Waals surface area contributed by atoms with E-state index in [4.69, 9.17) is 9.47 Å². The van der Waals surface area contributed by atoms with Gasteiger partial charge in [0.1, 0.15) is 32.6 Å². The van der Waals surface area contributed by atoms with Crippen LogP contribution in [-0.4, -0.2) is 40.0 Å². The number of hydrogen-bond acceptors (Lipinski definition) is 8. The second-order valence-electron chi connectivity index (χ2n) is 14.0. The maximum absolute atomic E-state index is 13.3. The van der Waals surface area contributed by atoms with Crippen LogP contribution in [0.2, 0.25) is 0 Å². The highest BCUT2D eigenvalue weighted by Crippen LogP contribution is 2.40. The molecule has 0 aliphatic heterocycles. The van der Waals surface area contributed by atoms with Crippen molar-refractivity contribution in [3.05, 3.63) is 102 Å². The Morgan fingerprint density at radius 1 is 0.560 bits per heavy atom. The molecule has 0 fully saturated rings. The predicted molar refractivity (Wildman–Crippen MR) is 191 cm³/mol. The van der Waals surface area contributed by atoms with Crippen molar-refractivity contribution in [1.82, 2.24) is 0 Å². The second-order valence-corrected chi connectivity index (χ2v) is 18.7. The average Bonchev–Trinajstić information content (AvgIpc) is 3.04.